The van der Waals surface area contributed by atoms with E-state index in [-0.39, 0.29) is 11.8 Å². The van der Waals surface area contributed by atoms with Crippen LogP contribution >= 0.6 is 22.9 Å². The second-order valence-corrected chi connectivity index (χ2v) is 6.88. The summed E-state index contributed by atoms with van der Waals surface area (Å²) in [4.78, 5) is 15.2. The fraction of sp³-hybridized carbons (Fsp3) is 0.353. The van der Waals surface area contributed by atoms with Gasteiger partial charge in [-0.05, 0) is 41.1 Å². The maximum absolute atomic E-state index is 12.5. The molecule has 0 fully saturated rings. The summed E-state index contributed by atoms with van der Waals surface area (Å²) in [6.07, 6.45) is 0.307. The third kappa shape index (κ3) is 3.86. The number of fused-ring (bicyclic) bond motifs is 1. The fourth-order valence-electron chi connectivity index (χ4n) is 2.69. The Labute approximate surface area is 144 Å². The summed E-state index contributed by atoms with van der Waals surface area (Å²) in [6, 6.07) is 9.94. The first-order chi connectivity index (χ1) is 11.2. The van der Waals surface area contributed by atoms with E-state index in [2.05, 4.69) is 17.4 Å². The summed E-state index contributed by atoms with van der Waals surface area (Å²) in [5.74, 6) is 0.308. The molecular weight excluding hydrogens is 332 g/mol. The molecule has 0 radical (unpaired) electrons. The van der Waals surface area contributed by atoms with E-state index in [0.717, 1.165) is 29.1 Å². The molecule has 1 aromatic carbocycles. The van der Waals surface area contributed by atoms with Crippen LogP contribution in [0.5, 0.6) is 0 Å². The van der Waals surface area contributed by atoms with E-state index in [1.54, 1.807) is 0 Å². The molecule has 122 valence electrons. The molecular formula is C17H19ClN2O2S. The molecule has 0 saturated carbocycles. The zero-order chi connectivity index (χ0) is 16.2. The number of carbonyl (C=O) groups is 1. The molecule has 1 amide bonds. The Morgan fingerprint density at radius 2 is 2.26 bits per heavy atom. The molecule has 2 heterocycles. The Kier molecular flexibility index (Phi) is 5.20. The van der Waals surface area contributed by atoms with E-state index in [0.29, 0.717) is 13.1 Å². The molecule has 1 atom stereocenters. The summed E-state index contributed by atoms with van der Waals surface area (Å²) < 4.78 is 0. The minimum absolute atomic E-state index is 0.0987. The second kappa shape index (κ2) is 7.34. The van der Waals surface area contributed by atoms with E-state index >= 15 is 0 Å². The number of alkyl halides is 1. The van der Waals surface area contributed by atoms with Crippen molar-refractivity contribution in [3.8, 4) is 0 Å². The molecule has 0 saturated heterocycles. The topological polar surface area (TPSA) is 52.6 Å². The van der Waals surface area contributed by atoms with Crippen LogP contribution in [0.3, 0.4) is 0 Å². The zero-order valence-corrected chi connectivity index (χ0v) is 14.2. The Bertz CT molecular complexity index is 675. The molecule has 2 N–H and O–H groups in total. The number of nitrogens with zero attached hydrogens (tertiary/aromatic N) is 1. The first-order valence-electron chi connectivity index (χ1n) is 7.60. The lowest BCUT2D eigenvalue weighted by Gasteiger charge is -2.29. The van der Waals surface area contributed by atoms with Crippen LogP contribution in [0.4, 0.5) is 5.69 Å². The van der Waals surface area contributed by atoms with Gasteiger partial charge in [-0.25, -0.2) is 0 Å². The highest BCUT2D eigenvalue weighted by Crippen LogP contribution is 2.24. The average molecular weight is 351 g/mol. The summed E-state index contributed by atoms with van der Waals surface area (Å²) in [6.45, 7) is 1.79. The summed E-state index contributed by atoms with van der Waals surface area (Å²) in [5.41, 5.74) is 3.38. The normalized spacial score (nSPS) is 15.1. The molecule has 0 spiro atoms. The lowest BCUT2D eigenvalue weighted by Crippen LogP contribution is -2.35. The smallest absolute Gasteiger partial charge is 0.264 e. The minimum Gasteiger partial charge on any atom is -0.390 e. The van der Waals surface area contributed by atoms with Gasteiger partial charge in [0, 0.05) is 25.3 Å². The average Bonchev–Trinajstić information content (AvgIpc) is 3.12. The first kappa shape index (κ1) is 16.3. The SMILES string of the molecule is O=C(c1cccs1)N1CCc2ccc(NCC(O)CCl)cc2C1. The fourth-order valence-corrected chi connectivity index (χ4v) is 3.49. The van der Waals surface area contributed by atoms with Gasteiger partial charge in [0.15, 0.2) is 0 Å². The van der Waals surface area contributed by atoms with Gasteiger partial charge in [0.1, 0.15) is 0 Å². The van der Waals surface area contributed by atoms with E-state index < -0.39 is 6.10 Å². The highest BCUT2D eigenvalue weighted by Gasteiger charge is 2.22. The van der Waals surface area contributed by atoms with E-state index in [4.69, 9.17) is 11.6 Å². The molecule has 1 aliphatic heterocycles. The molecule has 4 nitrogen and oxygen atoms in total. The number of amides is 1. The van der Waals surface area contributed by atoms with Crippen molar-refractivity contribution in [3.63, 3.8) is 0 Å². The van der Waals surface area contributed by atoms with Crippen molar-refractivity contribution in [1.29, 1.82) is 0 Å². The van der Waals surface area contributed by atoms with Crippen LogP contribution in [0.2, 0.25) is 0 Å². The monoisotopic (exact) mass is 350 g/mol. The van der Waals surface area contributed by atoms with Crippen LogP contribution in [-0.4, -0.2) is 41.0 Å². The number of hydrogen-bond acceptors (Lipinski definition) is 4. The minimum atomic E-state index is -0.565. The molecule has 0 bridgehead atoms. The van der Waals surface area contributed by atoms with E-state index in [9.17, 15) is 9.90 Å². The summed E-state index contributed by atoms with van der Waals surface area (Å²) >= 11 is 7.08. The van der Waals surface area contributed by atoms with Gasteiger partial charge in [-0.3, -0.25) is 4.79 Å². The first-order valence-corrected chi connectivity index (χ1v) is 9.01. The van der Waals surface area contributed by atoms with Crippen molar-refractivity contribution in [2.24, 2.45) is 0 Å². The van der Waals surface area contributed by atoms with Crippen molar-refractivity contribution in [1.82, 2.24) is 4.90 Å². The van der Waals surface area contributed by atoms with Gasteiger partial charge in [-0.15, -0.1) is 22.9 Å². The quantitative estimate of drug-likeness (QED) is 0.815. The highest BCUT2D eigenvalue weighted by atomic mass is 35.5. The van der Waals surface area contributed by atoms with Gasteiger partial charge in [0.2, 0.25) is 0 Å². The van der Waals surface area contributed by atoms with E-state index in [1.165, 1.54) is 16.9 Å². The number of rotatable bonds is 5. The molecule has 1 aromatic heterocycles. The number of anilines is 1. The van der Waals surface area contributed by atoms with Crippen LogP contribution in [0, 0.1) is 0 Å². The van der Waals surface area contributed by atoms with Crippen LogP contribution in [0.25, 0.3) is 0 Å². The standard InChI is InChI=1S/C17H19ClN2O2S/c18-9-15(21)10-19-14-4-3-12-5-6-20(11-13(12)8-14)17(22)16-2-1-7-23-16/h1-4,7-8,15,19,21H,5-6,9-11H2. The maximum atomic E-state index is 12.5. The molecule has 1 aliphatic rings. The van der Waals surface area contributed by atoms with E-state index in [1.807, 2.05) is 28.5 Å². The number of hydrogen-bond donors (Lipinski definition) is 2. The Balaban J connectivity index is 1.70. The number of carbonyl (C=O) groups excluding carboxylic acids is 1. The third-order valence-electron chi connectivity index (χ3n) is 3.96. The lowest BCUT2D eigenvalue weighted by atomic mass is 9.99. The Morgan fingerprint density at radius 1 is 1.39 bits per heavy atom. The predicted octanol–water partition coefficient (Wildman–Crippen LogP) is 2.96. The van der Waals surface area contributed by atoms with Crippen molar-refractivity contribution in [2.75, 3.05) is 24.3 Å². The summed E-state index contributed by atoms with van der Waals surface area (Å²) in [5, 5.41) is 14.6. The number of thiophene rings is 1. The number of halogens is 1. The molecule has 0 aliphatic carbocycles. The highest BCUT2D eigenvalue weighted by molar-refractivity contribution is 7.12. The van der Waals surface area contributed by atoms with Crippen molar-refractivity contribution in [3.05, 3.63) is 51.7 Å². The molecule has 6 heteroatoms. The van der Waals surface area contributed by atoms with Crippen molar-refractivity contribution in [2.45, 2.75) is 19.1 Å². The number of aliphatic hydroxyl groups excluding tert-OH is 1. The van der Waals surface area contributed by atoms with Crippen LogP contribution < -0.4 is 5.32 Å². The van der Waals surface area contributed by atoms with Crippen molar-refractivity contribution >= 4 is 34.5 Å². The Morgan fingerprint density at radius 3 is 3.00 bits per heavy atom. The number of benzene rings is 1. The van der Waals surface area contributed by atoms with Crippen LogP contribution in [0.1, 0.15) is 20.8 Å². The summed E-state index contributed by atoms with van der Waals surface area (Å²) in [7, 11) is 0. The van der Waals surface area contributed by atoms with Crippen LogP contribution in [-0.2, 0) is 13.0 Å². The largest absolute Gasteiger partial charge is 0.390 e. The van der Waals surface area contributed by atoms with Gasteiger partial charge in [-0.2, -0.15) is 0 Å². The zero-order valence-electron chi connectivity index (χ0n) is 12.7. The number of aliphatic hydroxyl groups is 1. The van der Waals surface area contributed by atoms with Crippen LogP contribution in [0.15, 0.2) is 35.7 Å². The van der Waals surface area contributed by atoms with Gasteiger partial charge < -0.3 is 15.3 Å². The van der Waals surface area contributed by atoms with Gasteiger partial charge >= 0.3 is 0 Å². The van der Waals surface area contributed by atoms with Crippen molar-refractivity contribution < 1.29 is 9.90 Å². The molecule has 1 unspecified atom stereocenters. The predicted molar refractivity (Wildman–Crippen MR) is 94.4 cm³/mol. The molecule has 23 heavy (non-hydrogen) atoms. The second-order valence-electron chi connectivity index (χ2n) is 5.63. The van der Waals surface area contributed by atoms with Gasteiger partial charge in [0.05, 0.1) is 16.9 Å². The van der Waals surface area contributed by atoms with Gasteiger partial charge in [-0.1, -0.05) is 12.1 Å². The number of nitrogens with one attached hydrogen (secondary N) is 1. The third-order valence-corrected chi connectivity index (χ3v) is 5.17. The van der Waals surface area contributed by atoms with Gasteiger partial charge in [0.25, 0.3) is 5.91 Å². The molecule has 2 aromatic rings. The molecule has 3 rings (SSSR count). The lowest BCUT2D eigenvalue weighted by molar-refractivity contribution is 0.0739. The maximum Gasteiger partial charge on any atom is 0.264 e. The Hall–Kier alpha value is -1.56.